The number of unbranched alkanes of at least 4 members (excludes halogenated alkanes) is 4. The summed E-state index contributed by atoms with van der Waals surface area (Å²) >= 11 is 6.12. The topological polar surface area (TPSA) is 35.8 Å². The van der Waals surface area contributed by atoms with Crippen molar-refractivity contribution >= 4 is 17.3 Å². The SMILES string of the molecule is CCCCCCCC(C)(C#N)Nc1ccccc1Cl. The van der Waals surface area contributed by atoms with Crippen molar-refractivity contribution in [2.75, 3.05) is 5.32 Å². The van der Waals surface area contributed by atoms with Gasteiger partial charge in [-0.3, -0.25) is 0 Å². The molecule has 1 aromatic rings. The number of nitrogens with one attached hydrogen (secondary N) is 1. The summed E-state index contributed by atoms with van der Waals surface area (Å²) in [6, 6.07) is 9.94. The highest BCUT2D eigenvalue weighted by Crippen LogP contribution is 2.26. The van der Waals surface area contributed by atoms with Gasteiger partial charge in [0, 0.05) is 0 Å². The molecule has 0 fully saturated rings. The van der Waals surface area contributed by atoms with Crippen LogP contribution in [0.25, 0.3) is 0 Å². The number of nitrogens with zero attached hydrogens (tertiary/aromatic N) is 1. The first-order valence-electron chi connectivity index (χ1n) is 7.05. The molecule has 1 rings (SSSR count). The molecule has 104 valence electrons. The van der Waals surface area contributed by atoms with Crippen LogP contribution in [-0.4, -0.2) is 5.54 Å². The molecule has 0 saturated heterocycles. The van der Waals surface area contributed by atoms with Crippen molar-refractivity contribution in [3.63, 3.8) is 0 Å². The number of anilines is 1. The van der Waals surface area contributed by atoms with Gasteiger partial charge in [-0.2, -0.15) is 5.26 Å². The maximum absolute atomic E-state index is 9.38. The van der Waals surface area contributed by atoms with Gasteiger partial charge in [0.25, 0.3) is 0 Å². The Kier molecular flexibility index (Phi) is 6.73. The van der Waals surface area contributed by atoms with Crippen molar-refractivity contribution in [1.82, 2.24) is 0 Å². The van der Waals surface area contributed by atoms with Crippen LogP contribution in [-0.2, 0) is 0 Å². The van der Waals surface area contributed by atoms with Crippen LogP contribution in [0.5, 0.6) is 0 Å². The van der Waals surface area contributed by atoms with Crippen LogP contribution >= 0.6 is 11.6 Å². The summed E-state index contributed by atoms with van der Waals surface area (Å²) in [4.78, 5) is 0. The monoisotopic (exact) mass is 278 g/mol. The molecule has 1 aromatic carbocycles. The molecular formula is C16H23ClN2. The van der Waals surface area contributed by atoms with E-state index in [1.807, 2.05) is 31.2 Å². The van der Waals surface area contributed by atoms with E-state index in [-0.39, 0.29) is 0 Å². The highest BCUT2D eigenvalue weighted by molar-refractivity contribution is 6.33. The first kappa shape index (κ1) is 15.9. The minimum atomic E-state index is -0.544. The summed E-state index contributed by atoms with van der Waals surface area (Å²) < 4.78 is 0. The Balaban J connectivity index is 2.51. The van der Waals surface area contributed by atoms with Gasteiger partial charge in [0.1, 0.15) is 5.54 Å². The molecule has 1 N–H and O–H groups in total. The van der Waals surface area contributed by atoms with Gasteiger partial charge in [-0.1, -0.05) is 62.8 Å². The van der Waals surface area contributed by atoms with E-state index >= 15 is 0 Å². The van der Waals surface area contributed by atoms with E-state index < -0.39 is 5.54 Å². The van der Waals surface area contributed by atoms with Gasteiger partial charge in [-0.15, -0.1) is 0 Å². The van der Waals surface area contributed by atoms with Crippen LogP contribution in [0, 0.1) is 11.3 Å². The summed E-state index contributed by atoms with van der Waals surface area (Å²) in [5, 5.41) is 13.3. The highest BCUT2D eigenvalue weighted by Gasteiger charge is 2.23. The summed E-state index contributed by atoms with van der Waals surface area (Å²) in [6.07, 6.45) is 6.88. The third kappa shape index (κ3) is 5.53. The van der Waals surface area contributed by atoms with Gasteiger partial charge in [0.05, 0.1) is 16.8 Å². The predicted molar refractivity (Wildman–Crippen MR) is 82.5 cm³/mol. The molecule has 19 heavy (non-hydrogen) atoms. The number of benzene rings is 1. The Hall–Kier alpha value is -1.20. The van der Waals surface area contributed by atoms with Crippen molar-refractivity contribution in [3.8, 4) is 6.07 Å². The standard InChI is InChI=1S/C16H23ClN2/c1-3-4-5-6-9-12-16(2,13-18)19-15-11-8-7-10-14(15)17/h7-8,10-11,19H,3-6,9,12H2,1-2H3. The van der Waals surface area contributed by atoms with Crippen LogP contribution < -0.4 is 5.32 Å². The number of halogens is 1. The molecule has 0 aliphatic carbocycles. The molecule has 0 radical (unpaired) electrons. The zero-order valence-electron chi connectivity index (χ0n) is 11.9. The molecule has 0 amide bonds. The van der Waals surface area contributed by atoms with Gasteiger partial charge < -0.3 is 5.32 Å². The average molecular weight is 279 g/mol. The zero-order chi connectivity index (χ0) is 14.1. The molecular weight excluding hydrogens is 256 g/mol. The molecule has 0 aromatic heterocycles. The van der Waals surface area contributed by atoms with E-state index in [9.17, 15) is 5.26 Å². The third-order valence-corrected chi connectivity index (χ3v) is 3.64. The number of hydrogen-bond acceptors (Lipinski definition) is 2. The van der Waals surface area contributed by atoms with Gasteiger partial charge in [-0.25, -0.2) is 0 Å². The predicted octanol–water partition coefficient (Wildman–Crippen LogP) is 5.39. The molecule has 0 spiro atoms. The molecule has 3 heteroatoms. The maximum Gasteiger partial charge on any atom is 0.122 e. The summed E-state index contributed by atoms with van der Waals surface area (Å²) in [5.41, 5.74) is 0.291. The number of para-hydroxylation sites is 1. The molecule has 1 atom stereocenters. The second-order valence-corrected chi connectivity index (χ2v) is 5.62. The van der Waals surface area contributed by atoms with E-state index in [4.69, 9.17) is 11.6 Å². The van der Waals surface area contributed by atoms with Crippen LogP contribution in [0.3, 0.4) is 0 Å². The second-order valence-electron chi connectivity index (χ2n) is 5.21. The Morgan fingerprint density at radius 1 is 1.21 bits per heavy atom. The van der Waals surface area contributed by atoms with Crippen LogP contribution in [0.15, 0.2) is 24.3 Å². The third-order valence-electron chi connectivity index (χ3n) is 3.31. The van der Waals surface area contributed by atoms with Crippen molar-refractivity contribution in [2.24, 2.45) is 0 Å². The van der Waals surface area contributed by atoms with Gasteiger partial charge in [0.2, 0.25) is 0 Å². The quantitative estimate of drug-likeness (QED) is 0.647. The Morgan fingerprint density at radius 3 is 2.53 bits per heavy atom. The van der Waals surface area contributed by atoms with Crippen molar-refractivity contribution in [1.29, 1.82) is 5.26 Å². The molecule has 2 nitrogen and oxygen atoms in total. The fourth-order valence-electron chi connectivity index (χ4n) is 2.09. The first-order valence-corrected chi connectivity index (χ1v) is 7.43. The number of nitriles is 1. The summed E-state index contributed by atoms with van der Waals surface area (Å²) in [7, 11) is 0. The lowest BCUT2D eigenvalue weighted by Gasteiger charge is -2.25. The van der Waals surface area contributed by atoms with E-state index in [1.165, 1.54) is 25.7 Å². The molecule has 0 bridgehead atoms. The fraction of sp³-hybridized carbons (Fsp3) is 0.562. The fourth-order valence-corrected chi connectivity index (χ4v) is 2.27. The molecule has 0 aliphatic heterocycles. The Morgan fingerprint density at radius 2 is 1.89 bits per heavy atom. The summed E-state index contributed by atoms with van der Waals surface area (Å²) in [5.74, 6) is 0. The normalized spacial score (nSPS) is 13.6. The highest BCUT2D eigenvalue weighted by atomic mass is 35.5. The Labute approximate surface area is 121 Å². The lowest BCUT2D eigenvalue weighted by molar-refractivity contribution is 0.522. The minimum Gasteiger partial charge on any atom is -0.366 e. The van der Waals surface area contributed by atoms with Crippen LogP contribution in [0.2, 0.25) is 5.02 Å². The second kappa shape index (κ2) is 8.07. The number of hydrogen-bond donors (Lipinski definition) is 1. The van der Waals surface area contributed by atoms with Crippen molar-refractivity contribution < 1.29 is 0 Å². The van der Waals surface area contributed by atoms with E-state index in [0.29, 0.717) is 5.02 Å². The van der Waals surface area contributed by atoms with E-state index in [1.54, 1.807) is 0 Å². The molecule has 1 unspecified atom stereocenters. The molecule has 0 aliphatic rings. The van der Waals surface area contributed by atoms with Gasteiger partial charge >= 0.3 is 0 Å². The molecule has 0 heterocycles. The van der Waals surface area contributed by atoms with E-state index in [2.05, 4.69) is 18.3 Å². The summed E-state index contributed by atoms with van der Waals surface area (Å²) in [6.45, 7) is 4.15. The van der Waals surface area contributed by atoms with E-state index in [0.717, 1.165) is 18.5 Å². The van der Waals surface area contributed by atoms with Gasteiger partial charge in [-0.05, 0) is 25.5 Å². The molecule has 0 saturated carbocycles. The Bertz CT molecular complexity index is 425. The lowest BCUT2D eigenvalue weighted by atomic mass is 9.95. The van der Waals surface area contributed by atoms with Gasteiger partial charge in [0.15, 0.2) is 0 Å². The minimum absolute atomic E-state index is 0.544. The largest absolute Gasteiger partial charge is 0.366 e. The van der Waals surface area contributed by atoms with Crippen molar-refractivity contribution in [2.45, 2.75) is 57.9 Å². The van der Waals surface area contributed by atoms with Crippen LogP contribution in [0.1, 0.15) is 52.4 Å². The maximum atomic E-state index is 9.38. The van der Waals surface area contributed by atoms with Crippen molar-refractivity contribution in [3.05, 3.63) is 29.3 Å². The van der Waals surface area contributed by atoms with Crippen LogP contribution in [0.4, 0.5) is 5.69 Å². The number of rotatable bonds is 8. The zero-order valence-corrected chi connectivity index (χ0v) is 12.6. The smallest absolute Gasteiger partial charge is 0.122 e. The average Bonchev–Trinajstić information content (AvgIpc) is 2.41. The lowest BCUT2D eigenvalue weighted by Crippen LogP contribution is -2.32. The first-order chi connectivity index (χ1) is 9.11.